The molecule has 0 aliphatic carbocycles. The summed E-state index contributed by atoms with van der Waals surface area (Å²) >= 11 is 5.94. The van der Waals surface area contributed by atoms with Gasteiger partial charge in [-0.3, -0.25) is 9.59 Å². The molecule has 0 unspecified atom stereocenters. The number of nitrogens with one attached hydrogen (secondary N) is 1. The van der Waals surface area contributed by atoms with E-state index in [9.17, 15) is 9.59 Å². The highest BCUT2D eigenvalue weighted by atomic mass is 35.5. The van der Waals surface area contributed by atoms with Crippen molar-refractivity contribution in [2.45, 2.75) is 34.2 Å². The fourth-order valence-electron chi connectivity index (χ4n) is 1.76. The average Bonchev–Trinajstić information content (AvgIpc) is 2.40. The van der Waals surface area contributed by atoms with Crippen LogP contribution in [0.25, 0.3) is 0 Å². The molecule has 4 nitrogen and oxygen atoms in total. The molecule has 0 radical (unpaired) electrons. The molecule has 0 saturated carbocycles. The fourth-order valence-corrected chi connectivity index (χ4v) is 1.98. The van der Waals surface area contributed by atoms with Crippen molar-refractivity contribution in [3.8, 4) is 0 Å². The standard InChI is InChI=1S/C16H23ClN2O2/c1-5-19(11-12-7-6-8-13(17)9-12)14(20)10-18-15(21)16(2,3)4/h6-9H,5,10-11H2,1-4H3,(H,18,21). The predicted octanol–water partition coefficient (Wildman–Crippen LogP) is 2.85. The van der Waals surface area contributed by atoms with Gasteiger partial charge in [0.25, 0.3) is 0 Å². The van der Waals surface area contributed by atoms with Crippen LogP contribution in [0, 0.1) is 5.41 Å². The maximum absolute atomic E-state index is 12.2. The minimum absolute atomic E-state index is 0.0184. The van der Waals surface area contributed by atoms with Crippen LogP contribution in [0.1, 0.15) is 33.3 Å². The SMILES string of the molecule is CCN(Cc1cccc(Cl)c1)C(=O)CNC(=O)C(C)(C)C. The van der Waals surface area contributed by atoms with Crippen LogP contribution in [-0.4, -0.2) is 29.8 Å². The first kappa shape index (κ1) is 17.5. The van der Waals surface area contributed by atoms with Gasteiger partial charge in [-0.25, -0.2) is 0 Å². The normalized spacial score (nSPS) is 11.1. The largest absolute Gasteiger partial charge is 0.347 e. The molecule has 1 N–H and O–H groups in total. The third kappa shape index (κ3) is 5.76. The Bertz CT molecular complexity index is 509. The first-order valence-corrected chi connectivity index (χ1v) is 7.42. The average molecular weight is 311 g/mol. The number of hydrogen-bond acceptors (Lipinski definition) is 2. The highest BCUT2D eigenvalue weighted by molar-refractivity contribution is 6.30. The van der Waals surface area contributed by atoms with Gasteiger partial charge in [-0.15, -0.1) is 0 Å². The zero-order valence-electron chi connectivity index (χ0n) is 13.1. The molecule has 0 bridgehead atoms. The number of nitrogens with zero attached hydrogens (tertiary/aromatic N) is 1. The zero-order chi connectivity index (χ0) is 16.0. The maximum atomic E-state index is 12.2. The summed E-state index contributed by atoms with van der Waals surface area (Å²) < 4.78 is 0. The minimum Gasteiger partial charge on any atom is -0.347 e. The lowest BCUT2D eigenvalue weighted by molar-refractivity contribution is -0.135. The Morgan fingerprint density at radius 2 is 1.95 bits per heavy atom. The molecule has 0 aromatic heterocycles. The third-order valence-corrected chi connectivity index (χ3v) is 3.31. The summed E-state index contributed by atoms with van der Waals surface area (Å²) in [5, 5.41) is 3.33. The zero-order valence-corrected chi connectivity index (χ0v) is 13.8. The van der Waals surface area contributed by atoms with Crippen molar-refractivity contribution in [2.75, 3.05) is 13.1 Å². The third-order valence-electron chi connectivity index (χ3n) is 3.08. The Morgan fingerprint density at radius 1 is 1.29 bits per heavy atom. The Kier molecular flexibility index (Phi) is 6.21. The van der Waals surface area contributed by atoms with E-state index in [1.165, 1.54) is 0 Å². The summed E-state index contributed by atoms with van der Waals surface area (Å²) in [5.41, 5.74) is 0.476. The summed E-state index contributed by atoms with van der Waals surface area (Å²) in [6.45, 7) is 8.44. The van der Waals surface area contributed by atoms with E-state index in [0.29, 0.717) is 18.1 Å². The molecule has 1 aromatic rings. The van der Waals surface area contributed by atoms with Crippen molar-refractivity contribution < 1.29 is 9.59 Å². The highest BCUT2D eigenvalue weighted by Gasteiger charge is 2.22. The summed E-state index contributed by atoms with van der Waals surface area (Å²) in [6, 6.07) is 7.42. The number of likely N-dealkylation sites (N-methyl/N-ethyl adjacent to an activating group) is 1. The predicted molar refractivity (Wildman–Crippen MR) is 85.0 cm³/mol. The molecule has 0 aliphatic heterocycles. The molecule has 0 spiro atoms. The highest BCUT2D eigenvalue weighted by Crippen LogP contribution is 2.14. The van der Waals surface area contributed by atoms with Crippen molar-refractivity contribution in [2.24, 2.45) is 5.41 Å². The van der Waals surface area contributed by atoms with Crippen LogP contribution < -0.4 is 5.32 Å². The van der Waals surface area contributed by atoms with E-state index in [-0.39, 0.29) is 18.4 Å². The van der Waals surface area contributed by atoms with Crippen molar-refractivity contribution in [1.82, 2.24) is 10.2 Å². The van der Waals surface area contributed by atoms with Crippen LogP contribution in [0.3, 0.4) is 0 Å². The monoisotopic (exact) mass is 310 g/mol. The summed E-state index contributed by atoms with van der Waals surface area (Å²) in [4.78, 5) is 25.6. The molecule has 21 heavy (non-hydrogen) atoms. The second-order valence-corrected chi connectivity index (χ2v) is 6.41. The van der Waals surface area contributed by atoms with Crippen molar-refractivity contribution in [3.63, 3.8) is 0 Å². The topological polar surface area (TPSA) is 49.4 Å². The first-order valence-electron chi connectivity index (χ1n) is 7.04. The van der Waals surface area contributed by atoms with Gasteiger partial charge in [0.15, 0.2) is 0 Å². The van der Waals surface area contributed by atoms with E-state index in [1.807, 2.05) is 45.9 Å². The van der Waals surface area contributed by atoms with Gasteiger partial charge in [0.05, 0.1) is 6.54 Å². The lowest BCUT2D eigenvalue weighted by Crippen LogP contribution is -2.43. The van der Waals surface area contributed by atoms with Gasteiger partial charge in [-0.05, 0) is 24.6 Å². The van der Waals surface area contributed by atoms with Gasteiger partial charge >= 0.3 is 0 Å². The van der Waals surface area contributed by atoms with E-state index in [1.54, 1.807) is 11.0 Å². The van der Waals surface area contributed by atoms with Crippen molar-refractivity contribution >= 4 is 23.4 Å². The van der Waals surface area contributed by atoms with Gasteiger partial charge in [-0.2, -0.15) is 0 Å². The Labute approximate surface area is 131 Å². The van der Waals surface area contributed by atoms with Gasteiger partial charge in [0.2, 0.25) is 11.8 Å². The van der Waals surface area contributed by atoms with Crippen molar-refractivity contribution in [3.05, 3.63) is 34.9 Å². The molecule has 0 saturated heterocycles. The first-order chi connectivity index (χ1) is 9.74. The van der Waals surface area contributed by atoms with E-state index >= 15 is 0 Å². The van der Waals surface area contributed by atoms with E-state index in [0.717, 1.165) is 5.56 Å². The fraction of sp³-hybridized carbons (Fsp3) is 0.500. The van der Waals surface area contributed by atoms with Gasteiger partial charge in [0.1, 0.15) is 0 Å². The lowest BCUT2D eigenvalue weighted by atomic mass is 9.96. The van der Waals surface area contributed by atoms with Crippen molar-refractivity contribution in [1.29, 1.82) is 0 Å². The number of rotatable bonds is 5. The molecular weight excluding hydrogens is 288 g/mol. The molecule has 0 atom stereocenters. The molecule has 5 heteroatoms. The molecule has 0 aliphatic rings. The number of carbonyl (C=O) groups excluding carboxylic acids is 2. The van der Waals surface area contributed by atoms with Crippen LogP contribution in [-0.2, 0) is 16.1 Å². The summed E-state index contributed by atoms with van der Waals surface area (Å²) in [5.74, 6) is -0.232. The molecule has 1 aromatic carbocycles. The maximum Gasteiger partial charge on any atom is 0.242 e. The van der Waals surface area contributed by atoms with E-state index in [4.69, 9.17) is 11.6 Å². The van der Waals surface area contributed by atoms with E-state index in [2.05, 4.69) is 5.32 Å². The van der Waals surface area contributed by atoms with E-state index < -0.39 is 5.41 Å². The number of hydrogen-bond donors (Lipinski definition) is 1. The van der Waals surface area contributed by atoms with Crippen LogP contribution in [0.15, 0.2) is 24.3 Å². The number of carbonyl (C=O) groups is 2. The van der Waals surface area contributed by atoms with Gasteiger partial charge < -0.3 is 10.2 Å². The van der Waals surface area contributed by atoms with Crippen LogP contribution >= 0.6 is 11.6 Å². The Hall–Kier alpha value is -1.55. The van der Waals surface area contributed by atoms with Crippen LogP contribution in [0.2, 0.25) is 5.02 Å². The molecule has 1 rings (SSSR count). The van der Waals surface area contributed by atoms with Gasteiger partial charge in [0, 0.05) is 23.5 Å². The molecule has 116 valence electrons. The summed E-state index contributed by atoms with van der Waals surface area (Å²) in [7, 11) is 0. The molecule has 0 heterocycles. The number of halogens is 1. The van der Waals surface area contributed by atoms with Gasteiger partial charge in [-0.1, -0.05) is 44.5 Å². The summed E-state index contributed by atoms with van der Waals surface area (Å²) in [6.07, 6.45) is 0. The Balaban J connectivity index is 2.60. The van der Waals surface area contributed by atoms with Crippen LogP contribution in [0.4, 0.5) is 0 Å². The van der Waals surface area contributed by atoms with Crippen LogP contribution in [0.5, 0.6) is 0 Å². The quantitative estimate of drug-likeness (QED) is 0.909. The minimum atomic E-state index is -0.496. The Morgan fingerprint density at radius 3 is 2.48 bits per heavy atom. The lowest BCUT2D eigenvalue weighted by Gasteiger charge is -2.23. The second kappa shape index (κ2) is 7.46. The smallest absolute Gasteiger partial charge is 0.242 e. The second-order valence-electron chi connectivity index (χ2n) is 5.97. The molecule has 2 amide bonds. The molecule has 0 fully saturated rings. The molecular formula is C16H23ClN2O2. The number of amides is 2. The number of benzene rings is 1.